The molecule has 0 aromatic carbocycles. The summed E-state index contributed by atoms with van der Waals surface area (Å²) in [6.07, 6.45) is 5.26. The van der Waals surface area contributed by atoms with Crippen LogP contribution in [-0.2, 0) is 29.1 Å². The van der Waals surface area contributed by atoms with Gasteiger partial charge in [-0.05, 0) is 32.3 Å². The smallest absolute Gasteiger partial charge is 0.271 e. The molecule has 7 nitrogen and oxygen atoms in total. The van der Waals surface area contributed by atoms with Crippen molar-refractivity contribution in [1.82, 2.24) is 19.4 Å². The van der Waals surface area contributed by atoms with Crippen molar-refractivity contribution < 1.29 is 9.53 Å². The molecule has 2 aliphatic rings. The Morgan fingerprint density at radius 2 is 2.14 bits per heavy atom. The molecule has 1 amide bonds. The Labute approximate surface area is 172 Å². The molecule has 152 valence electrons. The van der Waals surface area contributed by atoms with E-state index >= 15 is 0 Å². The van der Waals surface area contributed by atoms with Crippen LogP contribution in [0.3, 0.4) is 0 Å². The number of pyridine rings is 1. The zero-order valence-corrected chi connectivity index (χ0v) is 17.5. The number of nitrogens with zero attached hydrogens (tertiary/aromatic N) is 4. The minimum Gasteiger partial charge on any atom is -0.370 e. The molecule has 0 spiro atoms. The Kier molecular flexibility index (Phi) is 4.43. The number of carbonyl (C=O) groups excluding carboxylic acids is 1. The third-order valence-corrected chi connectivity index (χ3v) is 7.31. The van der Waals surface area contributed by atoms with E-state index in [1.54, 1.807) is 0 Å². The minimum atomic E-state index is -0.189. The van der Waals surface area contributed by atoms with Gasteiger partial charge >= 0.3 is 0 Å². The molecule has 0 unspecified atom stereocenters. The van der Waals surface area contributed by atoms with Crippen LogP contribution < -0.4 is 5.56 Å². The van der Waals surface area contributed by atoms with E-state index in [0.717, 1.165) is 60.2 Å². The summed E-state index contributed by atoms with van der Waals surface area (Å²) in [7, 11) is 0. The number of hydrogen-bond acceptors (Lipinski definition) is 6. The maximum absolute atomic E-state index is 13.0. The van der Waals surface area contributed by atoms with Crippen molar-refractivity contribution in [1.29, 1.82) is 0 Å². The van der Waals surface area contributed by atoms with Gasteiger partial charge in [0.2, 0.25) is 5.91 Å². The molecule has 1 saturated heterocycles. The van der Waals surface area contributed by atoms with Gasteiger partial charge in [0, 0.05) is 30.5 Å². The zero-order valence-electron chi connectivity index (χ0n) is 16.7. The molecule has 3 aromatic heterocycles. The highest BCUT2D eigenvalue weighted by Crippen LogP contribution is 2.35. The molecule has 0 saturated carbocycles. The van der Waals surface area contributed by atoms with Crippen molar-refractivity contribution in [3.8, 4) is 0 Å². The molecule has 29 heavy (non-hydrogen) atoms. The van der Waals surface area contributed by atoms with Gasteiger partial charge in [0.15, 0.2) is 0 Å². The fraction of sp³-hybridized carbons (Fsp3) is 0.524. The Hall–Kier alpha value is -2.32. The fourth-order valence-corrected chi connectivity index (χ4v) is 5.24. The Morgan fingerprint density at radius 1 is 1.34 bits per heavy atom. The first-order valence-electron chi connectivity index (χ1n) is 10.2. The summed E-state index contributed by atoms with van der Waals surface area (Å²) >= 11 is 1.37. The molecule has 3 aromatic rings. The van der Waals surface area contributed by atoms with E-state index < -0.39 is 0 Å². The summed E-state index contributed by atoms with van der Waals surface area (Å²) in [6, 6.07) is 2.07. The predicted molar refractivity (Wildman–Crippen MR) is 112 cm³/mol. The number of thiophene rings is 1. The molecular formula is C21H24N4O3S. The van der Waals surface area contributed by atoms with Crippen LogP contribution in [0.25, 0.3) is 20.4 Å². The highest BCUT2D eigenvalue weighted by Gasteiger charge is 2.31. The third-order valence-electron chi connectivity index (χ3n) is 6.24. The van der Waals surface area contributed by atoms with Gasteiger partial charge in [0.1, 0.15) is 16.1 Å². The molecule has 0 radical (unpaired) electrons. The summed E-state index contributed by atoms with van der Waals surface area (Å²) in [6.45, 7) is 6.37. The molecular weight excluding hydrogens is 388 g/mol. The van der Waals surface area contributed by atoms with E-state index in [2.05, 4.69) is 24.9 Å². The van der Waals surface area contributed by atoms with Crippen LogP contribution >= 0.6 is 11.3 Å². The van der Waals surface area contributed by atoms with Gasteiger partial charge in [-0.15, -0.1) is 11.3 Å². The van der Waals surface area contributed by atoms with Gasteiger partial charge < -0.3 is 9.64 Å². The Balaban J connectivity index is 1.54. The number of aromatic nitrogens is 3. The van der Waals surface area contributed by atoms with E-state index in [-0.39, 0.29) is 23.6 Å². The van der Waals surface area contributed by atoms with Crippen LogP contribution in [0.2, 0.25) is 0 Å². The molecule has 5 heterocycles. The van der Waals surface area contributed by atoms with Crippen molar-refractivity contribution in [3.05, 3.63) is 34.0 Å². The van der Waals surface area contributed by atoms with Crippen molar-refractivity contribution >= 4 is 37.7 Å². The largest absolute Gasteiger partial charge is 0.370 e. The topological polar surface area (TPSA) is 77.3 Å². The van der Waals surface area contributed by atoms with Crippen LogP contribution in [0, 0.1) is 0 Å². The SMILES string of the molecule is CC[C@]1(C)Cc2nc3sc4c(=O)n(CC(=O)N5CCCC5)cnc4c3cc2CO1. The number of rotatable bonds is 3. The summed E-state index contributed by atoms with van der Waals surface area (Å²) in [5.74, 6) is -0.0172. The average Bonchev–Trinajstić information content (AvgIpc) is 3.37. The Bertz CT molecular complexity index is 1180. The first kappa shape index (κ1) is 18.7. The number of ether oxygens (including phenoxy) is 1. The minimum absolute atomic E-state index is 0.0172. The second-order valence-corrected chi connectivity index (χ2v) is 9.26. The average molecular weight is 413 g/mol. The maximum atomic E-state index is 13.0. The number of hydrogen-bond donors (Lipinski definition) is 0. The Morgan fingerprint density at radius 3 is 2.90 bits per heavy atom. The lowest BCUT2D eigenvalue weighted by molar-refractivity contribution is -0.130. The van der Waals surface area contributed by atoms with Gasteiger partial charge in [-0.2, -0.15) is 0 Å². The summed E-state index contributed by atoms with van der Waals surface area (Å²) < 4.78 is 8.04. The molecule has 5 rings (SSSR count). The molecule has 0 aliphatic carbocycles. The predicted octanol–water partition coefficient (Wildman–Crippen LogP) is 2.87. The molecule has 0 bridgehead atoms. The monoisotopic (exact) mass is 412 g/mol. The van der Waals surface area contributed by atoms with E-state index in [1.807, 2.05) is 4.90 Å². The lowest BCUT2D eigenvalue weighted by atomic mass is 9.91. The molecule has 0 N–H and O–H groups in total. The molecule has 1 fully saturated rings. The van der Waals surface area contributed by atoms with Gasteiger partial charge in [-0.3, -0.25) is 14.2 Å². The maximum Gasteiger partial charge on any atom is 0.271 e. The summed E-state index contributed by atoms with van der Waals surface area (Å²) in [5, 5.41) is 0.891. The number of fused-ring (bicyclic) bond motifs is 4. The van der Waals surface area contributed by atoms with E-state index in [4.69, 9.17) is 9.72 Å². The first-order chi connectivity index (χ1) is 14.0. The lowest BCUT2D eigenvalue weighted by Crippen LogP contribution is -2.35. The zero-order chi connectivity index (χ0) is 20.2. The van der Waals surface area contributed by atoms with Crippen molar-refractivity contribution in [3.63, 3.8) is 0 Å². The van der Waals surface area contributed by atoms with Gasteiger partial charge in [0.05, 0.1) is 29.7 Å². The van der Waals surface area contributed by atoms with Gasteiger partial charge in [-0.25, -0.2) is 9.97 Å². The standard InChI is InChI=1S/C21H24N4O3S/c1-3-21(2)9-15-13(11-28-21)8-14-17-18(29-19(14)23-15)20(27)25(12-22-17)10-16(26)24-6-4-5-7-24/h8,12H,3-7,9-11H2,1-2H3/t21-/m1/s1. The highest BCUT2D eigenvalue weighted by molar-refractivity contribution is 7.25. The van der Waals surface area contributed by atoms with Gasteiger partial charge in [-0.1, -0.05) is 6.92 Å². The van der Waals surface area contributed by atoms with Crippen LogP contribution in [0.15, 0.2) is 17.2 Å². The summed E-state index contributed by atoms with van der Waals surface area (Å²) in [5.41, 5.74) is 2.42. The van der Waals surface area contributed by atoms with Crippen molar-refractivity contribution in [2.45, 2.75) is 58.3 Å². The van der Waals surface area contributed by atoms with Crippen molar-refractivity contribution in [2.24, 2.45) is 0 Å². The second kappa shape index (κ2) is 6.88. The van der Waals surface area contributed by atoms with Crippen LogP contribution in [-0.4, -0.2) is 44.0 Å². The third kappa shape index (κ3) is 3.14. The number of likely N-dealkylation sites (tertiary alicyclic amines) is 1. The summed E-state index contributed by atoms with van der Waals surface area (Å²) in [4.78, 5) is 37.5. The number of amides is 1. The van der Waals surface area contributed by atoms with E-state index in [1.165, 1.54) is 22.2 Å². The van der Waals surface area contributed by atoms with Crippen LogP contribution in [0.1, 0.15) is 44.4 Å². The van der Waals surface area contributed by atoms with E-state index in [9.17, 15) is 9.59 Å². The first-order valence-corrected chi connectivity index (χ1v) is 11.0. The molecule has 1 atom stereocenters. The molecule has 2 aliphatic heterocycles. The fourth-order valence-electron chi connectivity index (χ4n) is 4.16. The second-order valence-electron chi connectivity index (χ2n) is 8.26. The number of carbonyl (C=O) groups is 1. The van der Waals surface area contributed by atoms with Gasteiger partial charge in [0.25, 0.3) is 5.56 Å². The quantitative estimate of drug-likeness (QED) is 0.661. The van der Waals surface area contributed by atoms with Crippen LogP contribution in [0.5, 0.6) is 0 Å². The van der Waals surface area contributed by atoms with Crippen LogP contribution in [0.4, 0.5) is 0 Å². The van der Waals surface area contributed by atoms with Crippen molar-refractivity contribution in [2.75, 3.05) is 13.1 Å². The normalized spacial score (nSPS) is 21.8. The molecule has 8 heteroatoms. The van der Waals surface area contributed by atoms with E-state index in [0.29, 0.717) is 16.8 Å². The lowest BCUT2D eigenvalue weighted by Gasteiger charge is -2.33. The highest BCUT2D eigenvalue weighted by atomic mass is 32.1.